The number of hydrogen-bond acceptors (Lipinski definition) is 4. The van der Waals surface area contributed by atoms with Crippen LogP contribution >= 0.6 is 0 Å². The van der Waals surface area contributed by atoms with Crippen molar-refractivity contribution in [3.05, 3.63) is 11.1 Å². The third-order valence-corrected chi connectivity index (χ3v) is 5.03. The van der Waals surface area contributed by atoms with Crippen molar-refractivity contribution >= 4 is 0 Å². The fourth-order valence-electron chi connectivity index (χ4n) is 3.46. The number of hydrogen-bond donors (Lipinski definition) is 2. The molecular formula is C24H42O4. The molecule has 0 bridgehead atoms. The molecule has 0 aliphatic carbocycles. The van der Waals surface area contributed by atoms with Crippen molar-refractivity contribution in [2.24, 2.45) is 0 Å². The summed E-state index contributed by atoms with van der Waals surface area (Å²) < 4.78 is 11.9. The quantitative estimate of drug-likeness (QED) is 0.236. The highest BCUT2D eigenvalue weighted by molar-refractivity contribution is 5.66. The van der Waals surface area contributed by atoms with Gasteiger partial charge in [-0.15, -0.1) is 0 Å². The molecule has 4 nitrogen and oxygen atoms in total. The minimum atomic E-state index is -0.164. The van der Waals surface area contributed by atoms with E-state index in [-0.39, 0.29) is 11.5 Å². The number of ether oxygens (including phenoxy) is 2. The maximum absolute atomic E-state index is 10.8. The van der Waals surface area contributed by atoms with Crippen molar-refractivity contribution in [3.8, 4) is 23.0 Å². The van der Waals surface area contributed by atoms with Gasteiger partial charge in [-0.3, -0.25) is 0 Å². The zero-order chi connectivity index (χ0) is 20.8. The molecular weight excluding hydrogens is 352 g/mol. The van der Waals surface area contributed by atoms with Crippen molar-refractivity contribution in [1.82, 2.24) is 0 Å². The number of benzene rings is 1. The Hall–Kier alpha value is -1.58. The first-order valence-electron chi connectivity index (χ1n) is 11.5. The molecule has 0 saturated heterocycles. The average molecular weight is 395 g/mol. The lowest BCUT2D eigenvalue weighted by atomic mass is 9.93. The number of unbranched alkanes of at least 4 members (excludes halogenated alkanes) is 6. The molecule has 2 N–H and O–H groups in total. The highest BCUT2D eigenvalue weighted by Gasteiger charge is 2.25. The largest absolute Gasteiger partial charge is 0.504 e. The minimum Gasteiger partial charge on any atom is -0.504 e. The third-order valence-electron chi connectivity index (χ3n) is 5.03. The first-order valence-corrected chi connectivity index (χ1v) is 11.5. The smallest absolute Gasteiger partial charge is 0.207 e. The molecule has 1 aromatic rings. The molecule has 1 aromatic carbocycles. The van der Waals surface area contributed by atoms with E-state index in [0.717, 1.165) is 62.5 Å². The van der Waals surface area contributed by atoms with E-state index < -0.39 is 0 Å². The molecule has 28 heavy (non-hydrogen) atoms. The van der Waals surface area contributed by atoms with Crippen LogP contribution < -0.4 is 9.47 Å². The fourth-order valence-corrected chi connectivity index (χ4v) is 3.46. The van der Waals surface area contributed by atoms with Crippen molar-refractivity contribution in [1.29, 1.82) is 0 Å². The van der Waals surface area contributed by atoms with Crippen LogP contribution in [0, 0.1) is 0 Å². The Bertz CT molecular complexity index is 554. The summed E-state index contributed by atoms with van der Waals surface area (Å²) in [4.78, 5) is 0. The summed E-state index contributed by atoms with van der Waals surface area (Å²) in [5.74, 6) is 0.780. The van der Waals surface area contributed by atoms with Gasteiger partial charge in [0.15, 0.2) is 11.5 Å². The zero-order valence-corrected chi connectivity index (χ0v) is 18.6. The normalized spacial score (nSPS) is 11.0. The van der Waals surface area contributed by atoms with Crippen LogP contribution in [0.25, 0.3) is 0 Å². The van der Waals surface area contributed by atoms with Gasteiger partial charge in [-0.1, -0.05) is 66.2 Å². The summed E-state index contributed by atoms with van der Waals surface area (Å²) in [5, 5.41) is 21.4. The zero-order valence-electron chi connectivity index (χ0n) is 18.6. The number of rotatable bonds is 16. The predicted molar refractivity (Wildman–Crippen MR) is 117 cm³/mol. The van der Waals surface area contributed by atoms with Crippen LogP contribution in [-0.2, 0) is 12.8 Å². The average Bonchev–Trinajstić information content (AvgIpc) is 2.70. The second-order valence-corrected chi connectivity index (χ2v) is 7.63. The first kappa shape index (κ1) is 24.5. The van der Waals surface area contributed by atoms with Crippen molar-refractivity contribution < 1.29 is 19.7 Å². The molecule has 0 atom stereocenters. The molecule has 1 rings (SSSR count). The summed E-state index contributed by atoms with van der Waals surface area (Å²) >= 11 is 0. The molecule has 0 amide bonds. The second-order valence-electron chi connectivity index (χ2n) is 7.63. The highest BCUT2D eigenvalue weighted by Crippen LogP contribution is 2.49. The number of aromatic hydroxyl groups is 2. The molecule has 0 spiro atoms. The molecule has 0 saturated carbocycles. The molecule has 0 aliphatic heterocycles. The Morgan fingerprint density at radius 1 is 0.536 bits per heavy atom. The summed E-state index contributed by atoms with van der Waals surface area (Å²) in [7, 11) is 0. The summed E-state index contributed by atoms with van der Waals surface area (Å²) in [6.07, 6.45) is 12.4. The van der Waals surface area contributed by atoms with Gasteiger partial charge < -0.3 is 19.7 Å². The lowest BCUT2D eigenvalue weighted by Crippen LogP contribution is -2.08. The van der Waals surface area contributed by atoms with E-state index in [1.807, 2.05) is 6.92 Å². The molecule has 0 fully saturated rings. The molecule has 0 radical (unpaired) electrons. The maximum Gasteiger partial charge on any atom is 0.207 e. The van der Waals surface area contributed by atoms with E-state index in [9.17, 15) is 10.2 Å². The van der Waals surface area contributed by atoms with Gasteiger partial charge in [0.05, 0.1) is 13.2 Å². The fraction of sp³-hybridized carbons (Fsp3) is 0.750. The number of phenolic OH excluding ortho intramolecular Hbond substituents is 2. The van der Waals surface area contributed by atoms with Crippen LogP contribution in [0.2, 0.25) is 0 Å². The van der Waals surface area contributed by atoms with Gasteiger partial charge in [-0.2, -0.15) is 0 Å². The highest BCUT2D eigenvalue weighted by atomic mass is 16.5. The van der Waals surface area contributed by atoms with E-state index in [1.165, 1.54) is 25.7 Å². The Balaban J connectivity index is 3.28. The number of phenols is 2. The SMILES string of the molecule is CCCCCCc1c(O)c(O)c(OCCC)c(OCCC)c1CCCCCC. The van der Waals surface area contributed by atoms with Crippen molar-refractivity contribution in [2.75, 3.05) is 13.2 Å². The molecule has 0 aromatic heterocycles. The Morgan fingerprint density at radius 3 is 1.54 bits per heavy atom. The molecule has 0 heterocycles. The third kappa shape index (κ3) is 7.44. The Morgan fingerprint density at radius 2 is 1.04 bits per heavy atom. The van der Waals surface area contributed by atoms with Crippen LogP contribution in [0.5, 0.6) is 23.0 Å². The lowest BCUT2D eigenvalue weighted by Gasteiger charge is -2.22. The van der Waals surface area contributed by atoms with E-state index in [2.05, 4.69) is 20.8 Å². The van der Waals surface area contributed by atoms with Gasteiger partial charge >= 0.3 is 0 Å². The molecule has 0 aliphatic rings. The van der Waals surface area contributed by atoms with Crippen molar-refractivity contribution in [2.45, 2.75) is 105 Å². The molecule has 162 valence electrons. The van der Waals surface area contributed by atoms with Gasteiger partial charge in [0.25, 0.3) is 0 Å². The van der Waals surface area contributed by atoms with Gasteiger partial charge in [0.1, 0.15) is 0 Å². The van der Waals surface area contributed by atoms with E-state index in [1.54, 1.807) is 0 Å². The second kappa shape index (κ2) is 14.4. The van der Waals surface area contributed by atoms with Gasteiger partial charge in [-0.25, -0.2) is 0 Å². The van der Waals surface area contributed by atoms with Gasteiger partial charge in [-0.05, 0) is 38.5 Å². The maximum atomic E-state index is 10.8. The molecule has 4 heteroatoms. The lowest BCUT2D eigenvalue weighted by molar-refractivity contribution is 0.250. The summed E-state index contributed by atoms with van der Waals surface area (Å²) in [6.45, 7) is 9.55. The topological polar surface area (TPSA) is 58.9 Å². The van der Waals surface area contributed by atoms with Crippen LogP contribution in [-0.4, -0.2) is 23.4 Å². The predicted octanol–water partition coefficient (Wildman–Crippen LogP) is 6.92. The van der Waals surface area contributed by atoms with Crippen LogP contribution in [0.3, 0.4) is 0 Å². The van der Waals surface area contributed by atoms with Crippen LogP contribution in [0.4, 0.5) is 0 Å². The Labute approximate surface area is 172 Å². The van der Waals surface area contributed by atoms with Crippen LogP contribution in [0.15, 0.2) is 0 Å². The van der Waals surface area contributed by atoms with Crippen LogP contribution in [0.1, 0.15) is 103 Å². The summed E-state index contributed by atoms with van der Waals surface area (Å²) in [6, 6.07) is 0. The van der Waals surface area contributed by atoms with E-state index in [4.69, 9.17) is 9.47 Å². The standard InChI is InChI=1S/C24H42O4/c1-5-9-11-13-15-19-20(16-14-12-10-6-2)23(27-17-7-3)24(28-18-8-4)22(26)21(19)25/h25-26H,5-18H2,1-4H3. The minimum absolute atomic E-state index is 0.0167. The van der Waals surface area contributed by atoms with Gasteiger partial charge in [0, 0.05) is 11.1 Å². The monoisotopic (exact) mass is 394 g/mol. The Kier molecular flexibility index (Phi) is 12.6. The van der Waals surface area contributed by atoms with Gasteiger partial charge in [0.2, 0.25) is 11.5 Å². The van der Waals surface area contributed by atoms with E-state index >= 15 is 0 Å². The van der Waals surface area contributed by atoms with E-state index in [0.29, 0.717) is 24.7 Å². The van der Waals surface area contributed by atoms with Crippen molar-refractivity contribution in [3.63, 3.8) is 0 Å². The summed E-state index contributed by atoms with van der Waals surface area (Å²) in [5.41, 5.74) is 1.88. The first-order chi connectivity index (χ1) is 13.6. The molecule has 0 unspecified atom stereocenters.